The molecule has 1 heterocycles. The van der Waals surface area contributed by atoms with E-state index in [0.717, 1.165) is 10.6 Å². The van der Waals surface area contributed by atoms with Crippen LogP contribution >= 0.6 is 23.1 Å². The van der Waals surface area contributed by atoms with Crippen molar-refractivity contribution in [3.63, 3.8) is 0 Å². The average Bonchev–Trinajstić information content (AvgIpc) is 2.85. The van der Waals surface area contributed by atoms with E-state index in [4.69, 9.17) is 11.6 Å². The van der Waals surface area contributed by atoms with Crippen LogP contribution in [-0.4, -0.2) is 16.1 Å². The normalized spacial score (nSPS) is 13.4. The van der Waals surface area contributed by atoms with Crippen molar-refractivity contribution < 1.29 is 4.39 Å². The lowest BCUT2D eigenvalue weighted by molar-refractivity contribution is 0.529. The molecular formula is C15H19ClFN3S. The number of hydrogen-bond acceptors (Lipinski definition) is 4. The van der Waals surface area contributed by atoms with Crippen molar-refractivity contribution in [1.82, 2.24) is 14.9 Å². The fraction of sp³-hybridized carbons (Fsp3) is 0.467. The van der Waals surface area contributed by atoms with Crippen molar-refractivity contribution in [3.8, 4) is 0 Å². The van der Waals surface area contributed by atoms with Crippen molar-refractivity contribution in [1.29, 1.82) is 0 Å². The molecule has 21 heavy (non-hydrogen) atoms. The van der Waals surface area contributed by atoms with Gasteiger partial charge in [0.1, 0.15) is 5.82 Å². The van der Waals surface area contributed by atoms with Gasteiger partial charge in [-0.3, -0.25) is 0 Å². The maximum atomic E-state index is 14.3. The SMILES string of the molecule is CCNC(c1ccc(Cl)cc1F)c1snnc1C(C)(C)C. The smallest absolute Gasteiger partial charge is 0.129 e. The number of rotatable bonds is 4. The summed E-state index contributed by atoms with van der Waals surface area (Å²) in [6.07, 6.45) is 0. The van der Waals surface area contributed by atoms with Crippen LogP contribution in [0.5, 0.6) is 0 Å². The van der Waals surface area contributed by atoms with Crippen LogP contribution in [0.3, 0.4) is 0 Å². The number of hydrogen-bond donors (Lipinski definition) is 1. The average molecular weight is 328 g/mol. The van der Waals surface area contributed by atoms with Gasteiger partial charge >= 0.3 is 0 Å². The monoisotopic (exact) mass is 327 g/mol. The van der Waals surface area contributed by atoms with Crippen LogP contribution in [0, 0.1) is 5.82 Å². The van der Waals surface area contributed by atoms with Gasteiger partial charge < -0.3 is 5.32 Å². The van der Waals surface area contributed by atoms with Gasteiger partial charge in [-0.1, -0.05) is 49.9 Å². The molecule has 0 saturated carbocycles. The van der Waals surface area contributed by atoms with Gasteiger partial charge in [0.25, 0.3) is 0 Å². The maximum Gasteiger partial charge on any atom is 0.129 e. The summed E-state index contributed by atoms with van der Waals surface area (Å²) in [5, 5.41) is 7.96. The lowest BCUT2D eigenvalue weighted by atomic mass is 9.88. The van der Waals surface area contributed by atoms with E-state index in [1.807, 2.05) is 6.92 Å². The summed E-state index contributed by atoms with van der Waals surface area (Å²) in [5.74, 6) is -0.318. The fourth-order valence-corrected chi connectivity index (χ4v) is 3.31. The van der Waals surface area contributed by atoms with Crippen molar-refractivity contribution in [2.75, 3.05) is 6.54 Å². The molecular weight excluding hydrogens is 309 g/mol. The molecule has 0 aliphatic heterocycles. The Morgan fingerprint density at radius 1 is 1.38 bits per heavy atom. The van der Waals surface area contributed by atoms with Crippen molar-refractivity contribution in [2.45, 2.75) is 39.2 Å². The minimum atomic E-state index is -0.318. The highest BCUT2D eigenvalue weighted by Crippen LogP contribution is 2.35. The van der Waals surface area contributed by atoms with Crippen LogP contribution in [0.2, 0.25) is 5.02 Å². The van der Waals surface area contributed by atoms with E-state index in [9.17, 15) is 4.39 Å². The second-order valence-corrected chi connectivity index (χ2v) is 7.11. The zero-order valence-electron chi connectivity index (χ0n) is 12.6. The molecule has 0 bridgehead atoms. The summed E-state index contributed by atoms with van der Waals surface area (Å²) in [6.45, 7) is 8.94. The van der Waals surface area contributed by atoms with Gasteiger partial charge in [-0.2, -0.15) is 0 Å². The molecule has 0 aliphatic rings. The number of nitrogens with zero attached hydrogens (tertiary/aromatic N) is 2. The molecule has 1 N–H and O–H groups in total. The Morgan fingerprint density at radius 3 is 2.67 bits per heavy atom. The minimum absolute atomic E-state index is 0.140. The summed E-state index contributed by atoms with van der Waals surface area (Å²) in [7, 11) is 0. The number of benzene rings is 1. The first-order valence-corrected chi connectivity index (χ1v) is 8.00. The Morgan fingerprint density at radius 2 is 2.10 bits per heavy atom. The predicted octanol–water partition coefficient (Wildman–Crippen LogP) is 4.33. The van der Waals surface area contributed by atoms with Gasteiger partial charge in [-0.05, 0) is 30.2 Å². The van der Waals surface area contributed by atoms with Crippen LogP contribution in [0.1, 0.15) is 49.9 Å². The molecule has 114 valence electrons. The Hall–Kier alpha value is -1.04. The number of nitrogens with one attached hydrogen (secondary N) is 1. The zero-order valence-corrected chi connectivity index (χ0v) is 14.1. The molecule has 6 heteroatoms. The Labute approximate surface area is 133 Å². The largest absolute Gasteiger partial charge is 0.306 e. The summed E-state index contributed by atoms with van der Waals surface area (Å²) in [6, 6.07) is 4.50. The third-order valence-electron chi connectivity index (χ3n) is 3.17. The molecule has 2 rings (SSSR count). The van der Waals surface area contributed by atoms with E-state index >= 15 is 0 Å². The van der Waals surface area contributed by atoms with Crippen molar-refractivity contribution in [2.24, 2.45) is 0 Å². The quantitative estimate of drug-likeness (QED) is 0.908. The molecule has 1 atom stereocenters. The number of halogens is 2. The third-order valence-corrected chi connectivity index (χ3v) is 4.19. The second kappa shape index (κ2) is 6.38. The van der Waals surface area contributed by atoms with Gasteiger partial charge in [-0.25, -0.2) is 4.39 Å². The van der Waals surface area contributed by atoms with E-state index in [-0.39, 0.29) is 17.3 Å². The highest BCUT2D eigenvalue weighted by molar-refractivity contribution is 7.05. The third kappa shape index (κ3) is 3.59. The van der Waals surface area contributed by atoms with Gasteiger partial charge in [0.15, 0.2) is 0 Å². The van der Waals surface area contributed by atoms with Crippen molar-refractivity contribution in [3.05, 3.63) is 45.2 Å². The molecule has 0 saturated heterocycles. The summed E-state index contributed by atoms with van der Waals surface area (Å²) in [5.41, 5.74) is 1.32. The van der Waals surface area contributed by atoms with Crippen LogP contribution in [-0.2, 0) is 5.41 Å². The first kappa shape index (κ1) is 16.3. The van der Waals surface area contributed by atoms with Gasteiger partial charge in [0.2, 0.25) is 0 Å². The van der Waals surface area contributed by atoms with E-state index in [1.54, 1.807) is 12.1 Å². The molecule has 1 aromatic heterocycles. The predicted molar refractivity (Wildman–Crippen MR) is 85.5 cm³/mol. The second-order valence-electron chi connectivity index (χ2n) is 5.89. The van der Waals surface area contributed by atoms with E-state index < -0.39 is 0 Å². The van der Waals surface area contributed by atoms with Gasteiger partial charge in [0.05, 0.1) is 16.6 Å². The van der Waals surface area contributed by atoms with E-state index in [0.29, 0.717) is 17.1 Å². The molecule has 1 unspecified atom stereocenters. The molecule has 1 aromatic carbocycles. The summed E-state index contributed by atoms with van der Waals surface area (Å²) >= 11 is 7.15. The molecule has 0 spiro atoms. The zero-order chi connectivity index (χ0) is 15.6. The highest BCUT2D eigenvalue weighted by Gasteiger charge is 2.29. The molecule has 3 nitrogen and oxygen atoms in total. The van der Waals surface area contributed by atoms with Gasteiger partial charge in [0, 0.05) is 16.0 Å². The molecule has 0 radical (unpaired) electrons. The van der Waals surface area contributed by atoms with E-state index in [2.05, 4.69) is 35.7 Å². The number of aromatic nitrogens is 2. The van der Waals surface area contributed by atoms with E-state index in [1.165, 1.54) is 17.6 Å². The highest BCUT2D eigenvalue weighted by atomic mass is 35.5. The lowest BCUT2D eigenvalue weighted by Gasteiger charge is -2.23. The minimum Gasteiger partial charge on any atom is -0.306 e. The van der Waals surface area contributed by atoms with Crippen LogP contribution < -0.4 is 5.32 Å². The van der Waals surface area contributed by atoms with Crippen LogP contribution in [0.15, 0.2) is 18.2 Å². The standard InChI is InChI=1S/C15H19ClFN3S/c1-5-18-12(10-7-6-9(16)8-11(10)17)13-14(15(2,3)4)19-20-21-13/h6-8,12,18H,5H2,1-4H3. The first-order valence-electron chi connectivity index (χ1n) is 6.85. The summed E-state index contributed by atoms with van der Waals surface area (Å²) in [4.78, 5) is 0.950. The molecule has 2 aromatic rings. The van der Waals surface area contributed by atoms with Crippen LogP contribution in [0.4, 0.5) is 4.39 Å². The molecule has 0 amide bonds. The molecule has 0 aliphatic carbocycles. The Bertz CT molecular complexity index is 622. The van der Waals surface area contributed by atoms with Crippen molar-refractivity contribution >= 4 is 23.1 Å². The van der Waals surface area contributed by atoms with Gasteiger partial charge in [-0.15, -0.1) is 5.10 Å². The Balaban J connectivity index is 2.52. The summed E-state index contributed by atoms with van der Waals surface area (Å²) < 4.78 is 18.4. The molecule has 0 fully saturated rings. The first-order chi connectivity index (χ1) is 9.84. The Kier molecular flexibility index (Phi) is 4.96. The van der Waals surface area contributed by atoms with Crippen LogP contribution in [0.25, 0.3) is 0 Å². The maximum absolute atomic E-state index is 14.3. The topological polar surface area (TPSA) is 37.8 Å². The lowest BCUT2D eigenvalue weighted by Crippen LogP contribution is -2.25. The fourth-order valence-electron chi connectivity index (χ4n) is 2.19.